The third-order valence-electron chi connectivity index (χ3n) is 4.03. The lowest BCUT2D eigenvalue weighted by molar-refractivity contribution is 0.309. The van der Waals surface area contributed by atoms with E-state index in [4.69, 9.17) is 4.74 Å². The molecule has 0 fully saturated rings. The van der Waals surface area contributed by atoms with E-state index in [2.05, 4.69) is 63.8 Å². The lowest BCUT2D eigenvalue weighted by atomic mass is 10.0. The molecule has 1 rings (SSSR count). The van der Waals surface area contributed by atoms with Crippen molar-refractivity contribution in [3.8, 4) is 5.75 Å². The third kappa shape index (κ3) is 6.72. The number of anilines is 1. The molecule has 2 nitrogen and oxygen atoms in total. The van der Waals surface area contributed by atoms with Gasteiger partial charge in [0.05, 0.1) is 6.61 Å². The van der Waals surface area contributed by atoms with Gasteiger partial charge in [-0.05, 0) is 56.4 Å². The second-order valence-electron chi connectivity index (χ2n) is 6.72. The Balaban J connectivity index is 2.71. The van der Waals surface area contributed by atoms with Crippen LogP contribution in [-0.2, 0) is 0 Å². The monoisotopic (exact) mass is 305 g/mol. The predicted octanol–water partition coefficient (Wildman–Crippen LogP) is 5.91. The molecule has 0 aliphatic carbocycles. The van der Waals surface area contributed by atoms with Crippen molar-refractivity contribution in [3.05, 3.63) is 24.3 Å². The van der Waals surface area contributed by atoms with Gasteiger partial charge in [0, 0.05) is 18.3 Å². The van der Waals surface area contributed by atoms with Crippen LogP contribution in [0.3, 0.4) is 0 Å². The zero-order valence-corrected chi connectivity index (χ0v) is 15.3. The molecule has 0 saturated carbocycles. The maximum absolute atomic E-state index is 5.77. The van der Waals surface area contributed by atoms with Crippen molar-refractivity contribution in [2.24, 2.45) is 5.92 Å². The van der Waals surface area contributed by atoms with Crippen LogP contribution in [0.15, 0.2) is 24.3 Å². The van der Waals surface area contributed by atoms with Gasteiger partial charge in [0.25, 0.3) is 0 Å². The topological polar surface area (TPSA) is 12.5 Å². The van der Waals surface area contributed by atoms with Crippen LogP contribution in [-0.4, -0.2) is 19.2 Å². The Hall–Kier alpha value is -1.18. The third-order valence-corrected chi connectivity index (χ3v) is 4.03. The second-order valence-corrected chi connectivity index (χ2v) is 6.72. The molecule has 1 aromatic rings. The molecule has 0 aromatic heterocycles. The van der Waals surface area contributed by atoms with E-state index in [1.165, 1.54) is 31.4 Å². The molecule has 0 bridgehead atoms. The summed E-state index contributed by atoms with van der Waals surface area (Å²) in [5.41, 5.74) is 1.32. The fourth-order valence-corrected chi connectivity index (χ4v) is 2.81. The zero-order valence-electron chi connectivity index (χ0n) is 15.3. The molecule has 0 saturated heterocycles. The molecular formula is C20H35NO. The van der Waals surface area contributed by atoms with Crippen molar-refractivity contribution in [3.63, 3.8) is 0 Å². The maximum atomic E-state index is 5.77. The van der Waals surface area contributed by atoms with Crippen molar-refractivity contribution in [2.75, 3.05) is 18.1 Å². The van der Waals surface area contributed by atoms with E-state index >= 15 is 0 Å². The average Bonchev–Trinajstić information content (AvgIpc) is 2.48. The Morgan fingerprint density at radius 1 is 0.955 bits per heavy atom. The standard InChI is InChI=1S/C20H35NO/c1-6-8-14-21(18(5)16-17(3)4)19-10-12-20(13-11-19)22-15-9-7-2/h10-13,17-18H,6-9,14-16H2,1-5H3. The van der Waals surface area contributed by atoms with Crippen molar-refractivity contribution >= 4 is 5.69 Å². The van der Waals surface area contributed by atoms with Crippen LogP contribution in [0.2, 0.25) is 0 Å². The van der Waals surface area contributed by atoms with Crippen LogP contribution in [0, 0.1) is 5.92 Å². The van der Waals surface area contributed by atoms with Crippen LogP contribution in [0.25, 0.3) is 0 Å². The Labute approximate surface area is 137 Å². The summed E-state index contributed by atoms with van der Waals surface area (Å²) in [6.07, 6.45) is 6.02. The zero-order chi connectivity index (χ0) is 16.4. The minimum Gasteiger partial charge on any atom is -0.494 e. The van der Waals surface area contributed by atoms with Gasteiger partial charge >= 0.3 is 0 Å². The van der Waals surface area contributed by atoms with Gasteiger partial charge in [-0.1, -0.05) is 40.5 Å². The van der Waals surface area contributed by atoms with Crippen LogP contribution >= 0.6 is 0 Å². The molecule has 22 heavy (non-hydrogen) atoms. The van der Waals surface area contributed by atoms with Gasteiger partial charge in [-0.2, -0.15) is 0 Å². The number of nitrogens with zero attached hydrogens (tertiary/aromatic N) is 1. The lowest BCUT2D eigenvalue weighted by Gasteiger charge is -2.32. The summed E-state index contributed by atoms with van der Waals surface area (Å²) in [7, 11) is 0. The van der Waals surface area contributed by atoms with Crippen molar-refractivity contribution in [2.45, 2.75) is 72.8 Å². The molecule has 0 N–H and O–H groups in total. The highest BCUT2D eigenvalue weighted by Gasteiger charge is 2.15. The number of benzene rings is 1. The van der Waals surface area contributed by atoms with Crippen LogP contribution in [0.1, 0.15) is 66.7 Å². The number of rotatable bonds is 11. The summed E-state index contributed by atoms with van der Waals surface area (Å²) < 4.78 is 5.77. The van der Waals surface area contributed by atoms with E-state index in [9.17, 15) is 0 Å². The Morgan fingerprint density at radius 2 is 1.59 bits per heavy atom. The predicted molar refractivity (Wildman–Crippen MR) is 98.0 cm³/mol. The molecule has 0 aliphatic heterocycles. The summed E-state index contributed by atoms with van der Waals surface area (Å²) in [4.78, 5) is 2.55. The fraction of sp³-hybridized carbons (Fsp3) is 0.700. The van der Waals surface area contributed by atoms with E-state index in [-0.39, 0.29) is 0 Å². The van der Waals surface area contributed by atoms with E-state index in [0.717, 1.165) is 31.2 Å². The summed E-state index contributed by atoms with van der Waals surface area (Å²) >= 11 is 0. The molecule has 2 heteroatoms. The summed E-state index contributed by atoms with van der Waals surface area (Å²) in [6.45, 7) is 13.4. The van der Waals surface area contributed by atoms with Crippen LogP contribution < -0.4 is 9.64 Å². The SMILES string of the molecule is CCCCOc1ccc(N(CCCC)C(C)CC(C)C)cc1. The van der Waals surface area contributed by atoms with Gasteiger partial charge in [-0.25, -0.2) is 0 Å². The Kier molecular flexibility index (Phi) is 9.03. The highest BCUT2D eigenvalue weighted by Crippen LogP contribution is 2.24. The van der Waals surface area contributed by atoms with Crippen LogP contribution in [0.4, 0.5) is 5.69 Å². The molecule has 1 aromatic carbocycles. The maximum Gasteiger partial charge on any atom is 0.119 e. The van der Waals surface area contributed by atoms with Gasteiger partial charge in [0.1, 0.15) is 5.75 Å². The number of unbranched alkanes of at least 4 members (excludes halogenated alkanes) is 2. The first-order chi connectivity index (χ1) is 10.6. The largest absolute Gasteiger partial charge is 0.494 e. The second kappa shape index (κ2) is 10.5. The van der Waals surface area contributed by atoms with Gasteiger partial charge in [-0.3, -0.25) is 0 Å². The van der Waals surface area contributed by atoms with E-state index in [1.54, 1.807) is 0 Å². The van der Waals surface area contributed by atoms with Gasteiger partial charge in [0.2, 0.25) is 0 Å². The summed E-state index contributed by atoms with van der Waals surface area (Å²) in [6, 6.07) is 9.25. The van der Waals surface area contributed by atoms with E-state index < -0.39 is 0 Å². The first-order valence-corrected chi connectivity index (χ1v) is 9.07. The fourth-order valence-electron chi connectivity index (χ4n) is 2.81. The molecule has 0 amide bonds. The number of hydrogen-bond donors (Lipinski definition) is 0. The smallest absolute Gasteiger partial charge is 0.119 e. The minimum absolute atomic E-state index is 0.582. The first-order valence-electron chi connectivity index (χ1n) is 9.07. The highest BCUT2D eigenvalue weighted by atomic mass is 16.5. The Morgan fingerprint density at radius 3 is 2.14 bits per heavy atom. The van der Waals surface area contributed by atoms with Crippen molar-refractivity contribution in [1.82, 2.24) is 0 Å². The van der Waals surface area contributed by atoms with Gasteiger partial charge in [-0.15, -0.1) is 0 Å². The summed E-state index contributed by atoms with van der Waals surface area (Å²) in [5.74, 6) is 1.72. The van der Waals surface area contributed by atoms with E-state index in [0.29, 0.717) is 6.04 Å². The molecule has 0 radical (unpaired) electrons. The number of ether oxygens (including phenoxy) is 1. The van der Waals surface area contributed by atoms with Crippen molar-refractivity contribution < 1.29 is 4.74 Å². The van der Waals surface area contributed by atoms with Crippen molar-refractivity contribution in [1.29, 1.82) is 0 Å². The molecular weight excluding hydrogens is 270 g/mol. The molecule has 1 unspecified atom stereocenters. The molecule has 0 heterocycles. The van der Waals surface area contributed by atoms with Crippen LogP contribution in [0.5, 0.6) is 5.75 Å². The molecule has 126 valence electrons. The number of hydrogen-bond acceptors (Lipinski definition) is 2. The lowest BCUT2D eigenvalue weighted by Crippen LogP contribution is -2.34. The Bertz CT molecular complexity index is 385. The molecule has 0 aliphatic rings. The first kappa shape index (κ1) is 18.9. The van der Waals surface area contributed by atoms with E-state index in [1.807, 2.05) is 0 Å². The van der Waals surface area contributed by atoms with Gasteiger partial charge in [0.15, 0.2) is 0 Å². The normalized spacial score (nSPS) is 12.5. The molecule has 1 atom stereocenters. The summed E-state index contributed by atoms with van der Waals surface area (Å²) in [5, 5.41) is 0. The average molecular weight is 306 g/mol. The van der Waals surface area contributed by atoms with Gasteiger partial charge < -0.3 is 9.64 Å². The minimum atomic E-state index is 0.582. The highest BCUT2D eigenvalue weighted by molar-refractivity contribution is 5.49. The molecule has 0 spiro atoms. The quantitative estimate of drug-likeness (QED) is 0.471.